The molecule has 0 fully saturated rings. The molecule has 0 saturated heterocycles. The van der Waals surface area contributed by atoms with Crippen LogP contribution in [0.25, 0.3) is 0 Å². The Labute approximate surface area is 126 Å². The molecular weight excluding hydrogens is 288 g/mol. The zero-order valence-corrected chi connectivity index (χ0v) is 12.3. The lowest BCUT2D eigenvalue weighted by molar-refractivity contribution is -0.118. The first kappa shape index (κ1) is 14.9. The third-order valence-corrected chi connectivity index (χ3v) is 3.43. The Morgan fingerprint density at radius 1 is 1.38 bits per heavy atom. The summed E-state index contributed by atoms with van der Waals surface area (Å²) in [6, 6.07) is 8.58. The normalized spacial score (nSPS) is 9.90. The monoisotopic (exact) mass is 302 g/mol. The predicted molar refractivity (Wildman–Crippen MR) is 79.2 cm³/mol. The highest BCUT2D eigenvalue weighted by Gasteiger charge is 2.08. The van der Waals surface area contributed by atoms with Crippen LogP contribution < -0.4 is 10.1 Å². The van der Waals surface area contributed by atoms with Crippen LogP contribution in [0.1, 0.15) is 23.9 Å². The van der Waals surface area contributed by atoms with Crippen molar-refractivity contribution in [2.45, 2.75) is 19.8 Å². The molecule has 2 aromatic rings. The number of hydrogen-bond acceptors (Lipinski definition) is 6. The summed E-state index contributed by atoms with van der Waals surface area (Å²) >= 11 is 1.37. The lowest BCUT2D eigenvalue weighted by Gasteiger charge is -2.05. The molecule has 0 bridgehead atoms. The van der Waals surface area contributed by atoms with E-state index in [-0.39, 0.29) is 12.5 Å². The maximum Gasteiger partial charge on any atom is 0.264 e. The first-order chi connectivity index (χ1) is 10.2. The predicted octanol–water partition coefficient (Wildman–Crippen LogP) is 2.38. The van der Waals surface area contributed by atoms with Crippen molar-refractivity contribution in [1.82, 2.24) is 10.2 Å². The number of carbonyl (C=O) groups excluding carboxylic acids is 1. The quantitative estimate of drug-likeness (QED) is 0.885. The van der Waals surface area contributed by atoms with E-state index >= 15 is 0 Å². The lowest BCUT2D eigenvalue weighted by atomic mass is 10.2. The Kier molecular flexibility index (Phi) is 5.23. The van der Waals surface area contributed by atoms with Gasteiger partial charge in [0, 0.05) is 6.42 Å². The zero-order valence-electron chi connectivity index (χ0n) is 11.5. The van der Waals surface area contributed by atoms with E-state index in [0.29, 0.717) is 16.4 Å². The van der Waals surface area contributed by atoms with Crippen molar-refractivity contribution in [2.24, 2.45) is 0 Å². The van der Waals surface area contributed by atoms with Crippen LogP contribution in [0.2, 0.25) is 0 Å². The highest BCUT2D eigenvalue weighted by atomic mass is 32.1. The maximum atomic E-state index is 11.7. The van der Waals surface area contributed by atoms with Crippen molar-refractivity contribution in [3.8, 4) is 11.8 Å². The number of amides is 1. The van der Waals surface area contributed by atoms with Crippen LogP contribution in [0.15, 0.2) is 24.3 Å². The molecular formula is C14H14N4O2S. The number of nitrogens with zero attached hydrogens (tertiary/aromatic N) is 3. The number of hydrogen-bond donors (Lipinski definition) is 1. The summed E-state index contributed by atoms with van der Waals surface area (Å²) in [5, 5.41) is 20.6. The van der Waals surface area contributed by atoms with Crippen LogP contribution in [-0.2, 0) is 11.2 Å². The molecule has 2 rings (SSSR count). The Hall–Kier alpha value is -2.46. The van der Waals surface area contributed by atoms with Gasteiger partial charge < -0.3 is 4.74 Å². The molecule has 1 N–H and O–H groups in total. The molecule has 21 heavy (non-hydrogen) atoms. The van der Waals surface area contributed by atoms with Crippen LogP contribution >= 0.6 is 11.3 Å². The average molecular weight is 302 g/mol. The van der Waals surface area contributed by atoms with Gasteiger partial charge in [-0.1, -0.05) is 18.3 Å². The Balaban J connectivity index is 1.82. The molecule has 6 nitrogen and oxygen atoms in total. The van der Waals surface area contributed by atoms with Crippen LogP contribution in [-0.4, -0.2) is 22.7 Å². The van der Waals surface area contributed by atoms with Crippen molar-refractivity contribution in [2.75, 3.05) is 11.9 Å². The molecule has 0 radical (unpaired) electrons. The smallest absolute Gasteiger partial charge is 0.264 e. The third-order valence-electron chi connectivity index (χ3n) is 2.53. The number of aryl methyl sites for hydroxylation is 1. The molecule has 7 heteroatoms. The van der Waals surface area contributed by atoms with Crippen LogP contribution in [0.4, 0.5) is 5.13 Å². The second-order valence-electron chi connectivity index (χ2n) is 4.22. The molecule has 1 aromatic carbocycles. The van der Waals surface area contributed by atoms with Gasteiger partial charge >= 0.3 is 0 Å². The molecule has 108 valence electrons. The van der Waals surface area contributed by atoms with Crippen molar-refractivity contribution >= 4 is 22.4 Å². The molecule has 0 unspecified atom stereocenters. The van der Waals surface area contributed by atoms with Gasteiger partial charge in [0.2, 0.25) is 5.13 Å². The third kappa shape index (κ3) is 4.54. The number of ether oxygens (including phenoxy) is 1. The fourth-order valence-corrected chi connectivity index (χ4v) is 2.41. The van der Waals surface area contributed by atoms with Gasteiger partial charge in [0.1, 0.15) is 10.8 Å². The maximum absolute atomic E-state index is 11.7. The van der Waals surface area contributed by atoms with E-state index in [1.54, 1.807) is 24.3 Å². The molecule has 0 aliphatic rings. The molecule has 1 amide bonds. The highest BCUT2D eigenvalue weighted by Crippen LogP contribution is 2.16. The first-order valence-corrected chi connectivity index (χ1v) is 7.28. The Morgan fingerprint density at radius 2 is 2.14 bits per heavy atom. The number of carbonyl (C=O) groups is 1. The second kappa shape index (κ2) is 7.36. The van der Waals surface area contributed by atoms with Crippen molar-refractivity contribution < 1.29 is 9.53 Å². The van der Waals surface area contributed by atoms with Crippen molar-refractivity contribution in [3.63, 3.8) is 0 Å². The van der Waals surface area contributed by atoms with Gasteiger partial charge in [0.15, 0.2) is 6.61 Å². The Morgan fingerprint density at radius 3 is 2.81 bits per heavy atom. The first-order valence-electron chi connectivity index (χ1n) is 6.46. The van der Waals surface area contributed by atoms with Gasteiger partial charge in [-0.15, -0.1) is 10.2 Å². The molecule has 0 atom stereocenters. The summed E-state index contributed by atoms with van der Waals surface area (Å²) < 4.78 is 5.33. The van der Waals surface area contributed by atoms with Gasteiger partial charge in [-0.3, -0.25) is 10.1 Å². The van der Waals surface area contributed by atoms with E-state index in [9.17, 15) is 4.79 Å². The van der Waals surface area contributed by atoms with Gasteiger partial charge in [-0.25, -0.2) is 0 Å². The van der Waals surface area contributed by atoms with E-state index < -0.39 is 0 Å². The van der Waals surface area contributed by atoms with Crippen molar-refractivity contribution in [1.29, 1.82) is 5.26 Å². The standard InChI is InChI=1S/C14H14N4O2S/c1-2-3-13-17-18-14(21-13)16-12(19)9-20-11-6-4-10(8-15)5-7-11/h4-7H,2-3,9H2,1H3,(H,16,18,19). The largest absolute Gasteiger partial charge is 0.484 e. The Bertz CT molecular complexity index is 646. The minimum Gasteiger partial charge on any atom is -0.484 e. The summed E-state index contributed by atoms with van der Waals surface area (Å²) in [6.07, 6.45) is 1.85. The molecule has 1 heterocycles. The number of anilines is 1. The van der Waals surface area contributed by atoms with Crippen LogP contribution in [0.3, 0.4) is 0 Å². The van der Waals surface area contributed by atoms with E-state index in [1.807, 2.05) is 6.07 Å². The number of nitrogens with one attached hydrogen (secondary N) is 1. The fourth-order valence-electron chi connectivity index (χ4n) is 1.55. The minimum atomic E-state index is -0.293. The topological polar surface area (TPSA) is 87.9 Å². The molecule has 0 aliphatic heterocycles. The van der Waals surface area contributed by atoms with Crippen molar-refractivity contribution in [3.05, 3.63) is 34.8 Å². The SMILES string of the molecule is CCCc1nnc(NC(=O)COc2ccc(C#N)cc2)s1. The van der Waals surface area contributed by atoms with E-state index in [2.05, 4.69) is 22.4 Å². The summed E-state index contributed by atoms with van der Waals surface area (Å²) in [5.41, 5.74) is 0.545. The molecule has 0 aliphatic carbocycles. The number of benzene rings is 1. The van der Waals surface area contributed by atoms with E-state index in [1.165, 1.54) is 11.3 Å². The highest BCUT2D eigenvalue weighted by molar-refractivity contribution is 7.15. The minimum absolute atomic E-state index is 0.116. The van der Waals surface area contributed by atoms with E-state index in [0.717, 1.165) is 17.8 Å². The fraction of sp³-hybridized carbons (Fsp3) is 0.286. The zero-order chi connectivity index (χ0) is 15.1. The molecule has 0 spiro atoms. The average Bonchev–Trinajstić information content (AvgIpc) is 2.93. The number of nitriles is 1. The second-order valence-corrected chi connectivity index (χ2v) is 5.29. The number of aromatic nitrogens is 2. The molecule has 0 saturated carbocycles. The van der Waals surface area contributed by atoms with Gasteiger partial charge in [-0.05, 0) is 30.7 Å². The van der Waals surface area contributed by atoms with Gasteiger partial charge in [-0.2, -0.15) is 5.26 Å². The van der Waals surface area contributed by atoms with E-state index in [4.69, 9.17) is 10.00 Å². The summed E-state index contributed by atoms with van der Waals surface area (Å²) in [6.45, 7) is 1.94. The van der Waals surface area contributed by atoms with Crippen LogP contribution in [0.5, 0.6) is 5.75 Å². The lowest BCUT2D eigenvalue weighted by Crippen LogP contribution is -2.20. The summed E-state index contributed by atoms with van der Waals surface area (Å²) in [4.78, 5) is 11.7. The van der Waals surface area contributed by atoms with Crippen LogP contribution in [0, 0.1) is 11.3 Å². The number of rotatable bonds is 6. The summed E-state index contributed by atoms with van der Waals surface area (Å²) in [5.74, 6) is 0.242. The van der Waals surface area contributed by atoms with Gasteiger partial charge in [0.25, 0.3) is 5.91 Å². The molecule has 1 aromatic heterocycles. The summed E-state index contributed by atoms with van der Waals surface area (Å²) in [7, 11) is 0. The van der Waals surface area contributed by atoms with Gasteiger partial charge in [0.05, 0.1) is 11.6 Å².